The van der Waals surface area contributed by atoms with Gasteiger partial charge >= 0.3 is 0 Å². The van der Waals surface area contributed by atoms with Gasteiger partial charge in [0.15, 0.2) is 0 Å². The molecule has 2 aromatic rings. The first-order valence-electron chi connectivity index (χ1n) is 7.06. The SMILES string of the molecule is O=C(Nc1cccc(Cl)c1Cl)C1CC(c2ccc(Br)cc2)NN1. The average Bonchev–Trinajstić information content (AvgIpc) is 3.02. The van der Waals surface area contributed by atoms with Gasteiger partial charge in [-0.15, -0.1) is 0 Å². The summed E-state index contributed by atoms with van der Waals surface area (Å²) in [7, 11) is 0. The zero-order chi connectivity index (χ0) is 16.4. The van der Waals surface area contributed by atoms with E-state index >= 15 is 0 Å². The Morgan fingerprint density at radius 2 is 1.87 bits per heavy atom. The van der Waals surface area contributed by atoms with Crippen LogP contribution in [0.4, 0.5) is 5.69 Å². The monoisotopic (exact) mass is 413 g/mol. The predicted molar refractivity (Wildman–Crippen MR) is 96.7 cm³/mol. The van der Waals surface area contributed by atoms with Crippen LogP contribution in [-0.2, 0) is 4.79 Å². The van der Waals surface area contributed by atoms with E-state index in [-0.39, 0.29) is 18.0 Å². The van der Waals surface area contributed by atoms with Gasteiger partial charge in [0.2, 0.25) is 5.91 Å². The molecule has 3 N–H and O–H groups in total. The Morgan fingerprint density at radius 1 is 1.13 bits per heavy atom. The van der Waals surface area contributed by atoms with Crippen LogP contribution < -0.4 is 16.2 Å². The highest BCUT2D eigenvalue weighted by atomic mass is 79.9. The molecule has 1 amide bonds. The zero-order valence-corrected chi connectivity index (χ0v) is 15.0. The second kappa shape index (κ2) is 7.20. The van der Waals surface area contributed by atoms with E-state index < -0.39 is 0 Å². The number of halogens is 3. The van der Waals surface area contributed by atoms with E-state index in [2.05, 4.69) is 32.1 Å². The van der Waals surface area contributed by atoms with Gasteiger partial charge in [-0.3, -0.25) is 4.79 Å². The van der Waals surface area contributed by atoms with Crippen LogP contribution in [0.5, 0.6) is 0 Å². The normalized spacial score (nSPS) is 20.5. The first kappa shape index (κ1) is 16.7. The van der Waals surface area contributed by atoms with Gasteiger partial charge in [-0.2, -0.15) is 0 Å². The highest BCUT2D eigenvalue weighted by Crippen LogP contribution is 2.30. The van der Waals surface area contributed by atoms with Crippen LogP contribution in [0.2, 0.25) is 10.0 Å². The second-order valence-corrected chi connectivity index (χ2v) is 6.97. The van der Waals surface area contributed by atoms with Crippen molar-refractivity contribution < 1.29 is 4.79 Å². The molecular weight excluding hydrogens is 401 g/mol. The topological polar surface area (TPSA) is 53.2 Å². The van der Waals surface area contributed by atoms with E-state index in [1.165, 1.54) is 0 Å². The van der Waals surface area contributed by atoms with Crippen molar-refractivity contribution in [3.05, 3.63) is 62.5 Å². The quantitative estimate of drug-likeness (QED) is 0.701. The number of carbonyl (C=O) groups is 1. The molecule has 1 heterocycles. The number of rotatable bonds is 3. The highest BCUT2D eigenvalue weighted by Gasteiger charge is 2.30. The number of hydrogen-bond donors (Lipinski definition) is 3. The molecule has 1 aliphatic heterocycles. The number of hydrazine groups is 1. The van der Waals surface area contributed by atoms with Crippen molar-refractivity contribution in [3.8, 4) is 0 Å². The van der Waals surface area contributed by atoms with Crippen molar-refractivity contribution in [2.24, 2.45) is 0 Å². The van der Waals surface area contributed by atoms with Gasteiger partial charge in [-0.25, -0.2) is 10.9 Å². The molecule has 0 saturated carbocycles. The van der Waals surface area contributed by atoms with Crippen LogP contribution in [0.3, 0.4) is 0 Å². The van der Waals surface area contributed by atoms with Gasteiger partial charge < -0.3 is 5.32 Å². The Labute approximate surface area is 152 Å². The van der Waals surface area contributed by atoms with Crippen molar-refractivity contribution in [2.45, 2.75) is 18.5 Å². The molecule has 0 radical (unpaired) electrons. The Kier molecular flexibility index (Phi) is 5.24. The minimum Gasteiger partial charge on any atom is -0.323 e. The molecule has 1 saturated heterocycles. The van der Waals surface area contributed by atoms with Crippen molar-refractivity contribution in [1.82, 2.24) is 10.9 Å². The molecule has 120 valence electrons. The molecule has 0 aliphatic carbocycles. The van der Waals surface area contributed by atoms with E-state index in [4.69, 9.17) is 23.2 Å². The Balaban J connectivity index is 1.65. The molecule has 23 heavy (non-hydrogen) atoms. The summed E-state index contributed by atoms with van der Waals surface area (Å²) < 4.78 is 1.03. The minimum absolute atomic E-state index is 0.0775. The third kappa shape index (κ3) is 3.87. The van der Waals surface area contributed by atoms with Gasteiger partial charge in [0.1, 0.15) is 6.04 Å². The maximum absolute atomic E-state index is 12.4. The first-order valence-corrected chi connectivity index (χ1v) is 8.61. The molecule has 1 aliphatic rings. The molecule has 2 atom stereocenters. The molecule has 0 aromatic heterocycles. The van der Waals surface area contributed by atoms with Crippen LogP contribution in [0, 0.1) is 0 Å². The van der Waals surface area contributed by atoms with Gasteiger partial charge in [-0.1, -0.05) is 57.3 Å². The lowest BCUT2D eigenvalue weighted by molar-refractivity contribution is -0.117. The first-order chi connectivity index (χ1) is 11.0. The fourth-order valence-electron chi connectivity index (χ4n) is 2.46. The molecule has 7 heteroatoms. The maximum Gasteiger partial charge on any atom is 0.242 e. The fraction of sp³-hybridized carbons (Fsp3) is 0.188. The Hall–Kier alpha value is -1.11. The minimum atomic E-state index is -0.348. The van der Waals surface area contributed by atoms with Crippen molar-refractivity contribution >= 4 is 50.7 Å². The number of anilines is 1. The Morgan fingerprint density at radius 3 is 2.61 bits per heavy atom. The molecule has 0 spiro atoms. The molecule has 2 unspecified atom stereocenters. The average molecular weight is 415 g/mol. The largest absolute Gasteiger partial charge is 0.323 e. The van der Waals surface area contributed by atoms with Crippen LogP contribution in [-0.4, -0.2) is 11.9 Å². The van der Waals surface area contributed by atoms with Crippen LogP contribution in [0.1, 0.15) is 18.0 Å². The number of nitrogens with one attached hydrogen (secondary N) is 3. The molecule has 1 fully saturated rings. The van der Waals surface area contributed by atoms with E-state index in [1.54, 1.807) is 18.2 Å². The van der Waals surface area contributed by atoms with Crippen molar-refractivity contribution in [1.29, 1.82) is 0 Å². The van der Waals surface area contributed by atoms with E-state index in [9.17, 15) is 4.79 Å². The summed E-state index contributed by atoms with van der Waals surface area (Å²) in [5.74, 6) is -0.152. The van der Waals surface area contributed by atoms with E-state index in [1.807, 2.05) is 24.3 Å². The summed E-state index contributed by atoms with van der Waals surface area (Å²) in [5.41, 5.74) is 7.81. The molecular formula is C16H14BrCl2N3O. The second-order valence-electron chi connectivity index (χ2n) is 5.27. The van der Waals surface area contributed by atoms with Crippen LogP contribution in [0.15, 0.2) is 46.9 Å². The smallest absolute Gasteiger partial charge is 0.242 e. The summed E-state index contributed by atoms with van der Waals surface area (Å²) in [6.45, 7) is 0. The molecule has 4 nitrogen and oxygen atoms in total. The fourth-order valence-corrected chi connectivity index (χ4v) is 3.07. The number of hydrogen-bond acceptors (Lipinski definition) is 3. The van der Waals surface area contributed by atoms with Gasteiger partial charge in [0, 0.05) is 10.5 Å². The van der Waals surface area contributed by atoms with Crippen LogP contribution in [0.25, 0.3) is 0 Å². The van der Waals surface area contributed by atoms with Crippen molar-refractivity contribution in [3.63, 3.8) is 0 Å². The lowest BCUT2D eigenvalue weighted by Gasteiger charge is -2.12. The number of benzene rings is 2. The summed E-state index contributed by atoms with van der Waals surface area (Å²) >= 11 is 15.5. The lowest BCUT2D eigenvalue weighted by Crippen LogP contribution is -2.39. The number of carbonyl (C=O) groups excluding carboxylic acids is 1. The highest BCUT2D eigenvalue weighted by molar-refractivity contribution is 9.10. The van der Waals surface area contributed by atoms with E-state index in [0.29, 0.717) is 22.2 Å². The van der Waals surface area contributed by atoms with Crippen molar-refractivity contribution in [2.75, 3.05) is 5.32 Å². The van der Waals surface area contributed by atoms with Crippen LogP contribution >= 0.6 is 39.1 Å². The molecule has 0 bridgehead atoms. The third-order valence-corrected chi connectivity index (χ3v) is 5.05. The number of amides is 1. The molecule has 3 rings (SSSR count). The summed E-state index contributed by atoms with van der Waals surface area (Å²) in [6.07, 6.45) is 0.644. The standard InChI is InChI=1S/C16H14BrCl2N3O/c17-10-6-4-9(5-7-10)13-8-14(22-21-13)16(23)20-12-3-1-2-11(18)15(12)19/h1-7,13-14,21-22H,8H2,(H,20,23). The van der Waals surface area contributed by atoms with Gasteiger partial charge in [0.25, 0.3) is 0 Å². The van der Waals surface area contributed by atoms with Gasteiger partial charge in [0.05, 0.1) is 15.7 Å². The Bertz CT molecular complexity index is 724. The third-order valence-electron chi connectivity index (χ3n) is 3.70. The summed E-state index contributed by atoms with van der Waals surface area (Å²) in [6, 6.07) is 12.9. The maximum atomic E-state index is 12.4. The van der Waals surface area contributed by atoms with E-state index in [0.717, 1.165) is 10.0 Å². The zero-order valence-electron chi connectivity index (χ0n) is 11.9. The summed E-state index contributed by atoms with van der Waals surface area (Å²) in [5, 5.41) is 3.57. The summed E-state index contributed by atoms with van der Waals surface area (Å²) in [4.78, 5) is 12.4. The molecule has 2 aromatic carbocycles. The predicted octanol–water partition coefficient (Wildman–Crippen LogP) is 4.30. The lowest BCUT2D eigenvalue weighted by atomic mass is 10.0. The van der Waals surface area contributed by atoms with Gasteiger partial charge in [-0.05, 0) is 36.2 Å².